The second-order valence-electron chi connectivity index (χ2n) is 6.74. The minimum absolute atomic E-state index is 0.235. The first-order valence-electron chi connectivity index (χ1n) is 9.40. The molecule has 0 unspecified atom stereocenters. The zero-order valence-corrected chi connectivity index (χ0v) is 19.0. The van der Waals surface area contributed by atoms with E-state index in [-0.39, 0.29) is 12.5 Å². The average molecular weight is 471 g/mol. The fourth-order valence-corrected chi connectivity index (χ4v) is 4.70. The van der Waals surface area contributed by atoms with E-state index in [0.29, 0.717) is 37.2 Å². The van der Waals surface area contributed by atoms with Crippen molar-refractivity contribution in [2.75, 3.05) is 17.7 Å². The Balaban J connectivity index is 1.58. The van der Waals surface area contributed by atoms with Crippen LogP contribution in [0.15, 0.2) is 35.4 Å². The van der Waals surface area contributed by atoms with Crippen LogP contribution in [0.2, 0.25) is 0 Å². The zero-order valence-electron chi connectivity index (χ0n) is 17.3. The van der Waals surface area contributed by atoms with E-state index in [1.807, 2.05) is 0 Å². The first-order valence-corrected chi connectivity index (χ1v) is 11.0. The Labute approximate surface area is 189 Å². The van der Waals surface area contributed by atoms with Crippen molar-refractivity contribution in [1.82, 2.24) is 19.7 Å². The van der Waals surface area contributed by atoms with Gasteiger partial charge in [-0.3, -0.25) is 24.3 Å². The van der Waals surface area contributed by atoms with Crippen LogP contribution in [-0.4, -0.2) is 38.7 Å². The minimum Gasteiger partial charge on any atom is -0.495 e. The van der Waals surface area contributed by atoms with Crippen molar-refractivity contribution in [3.63, 3.8) is 0 Å². The number of carbonyl (C=O) groups is 2. The number of ether oxygens (including phenoxy) is 1. The van der Waals surface area contributed by atoms with E-state index >= 15 is 0 Å². The van der Waals surface area contributed by atoms with Gasteiger partial charge in [-0.15, -0.1) is 21.5 Å². The molecule has 0 radical (unpaired) electrons. The summed E-state index contributed by atoms with van der Waals surface area (Å²) in [7, 11) is 1.51. The van der Waals surface area contributed by atoms with Gasteiger partial charge in [0.25, 0.3) is 11.5 Å². The third-order valence-electron chi connectivity index (χ3n) is 4.57. The lowest BCUT2D eigenvalue weighted by Gasteiger charge is -2.10. The predicted molar refractivity (Wildman–Crippen MR) is 123 cm³/mol. The van der Waals surface area contributed by atoms with Gasteiger partial charge < -0.3 is 10.1 Å². The molecule has 32 heavy (non-hydrogen) atoms. The molecule has 0 saturated heterocycles. The molecule has 0 atom stereocenters. The minimum atomic E-state index is -0.407. The number of aromatic nitrogens is 4. The molecule has 3 aromatic heterocycles. The third kappa shape index (κ3) is 4.22. The van der Waals surface area contributed by atoms with Gasteiger partial charge in [-0.25, -0.2) is 4.98 Å². The summed E-state index contributed by atoms with van der Waals surface area (Å²) in [5, 5.41) is 14.6. The number of fused-ring (bicyclic) bond motifs is 1. The first kappa shape index (κ1) is 21.6. The molecule has 164 valence electrons. The molecule has 1 aromatic carbocycles. The van der Waals surface area contributed by atoms with E-state index in [9.17, 15) is 14.4 Å². The summed E-state index contributed by atoms with van der Waals surface area (Å²) in [6, 6.07) is 6.98. The van der Waals surface area contributed by atoms with Crippen molar-refractivity contribution in [1.29, 1.82) is 0 Å². The van der Waals surface area contributed by atoms with Crippen molar-refractivity contribution >= 4 is 55.5 Å². The van der Waals surface area contributed by atoms with E-state index in [0.717, 1.165) is 16.3 Å². The molecule has 12 heteroatoms. The van der Waals surface area contributed by atoms with Crippen LogP contribution >= 0.6 is 22.7 Å². The van der Waals surface area contributed by atoms with Crippen LogP contribution in [-0.2, 0) is 11.3 Å². The van der Waals surface area contributed by atoms with E-state index < -0.39 is 11.5 Å². The van der Waals surface area contributed by atoms with Crippen molar-refractivity contribution < 1.29 is 14.3 Å². The van der Waals surface area contributed by atoms with E-state index in [4.69, 9.17) is 4.74 Å². The Hall–Kier alpha value is -3.64. The molecule has 0 saturated carbocycles. The molecule has 0 aliphatic carbocycles. The number of para-hydroxylation sites is 2. The van der Waals surface area contributed by atoms with Gasteiger partial charge in [-0.05, 0) is 31.5 Å². The Morgan fingerprint density at radius 2 is 1.91 bits per heavy atom. The summed E-state index contributed by atoms with van der Waals surface area (Å²) in [5.41, 5.74) is 0.602. The highest BCUT2D eigenvalue weighted by Crippen LogP contribution is 2.28. The maximum absolute atomic E-state index is 13.0. The van der Waals surface area contributed by atoms with Crippen LogP contribution in [0.25, 0.3) is 10.2 Å². The number of carbonyl (C=O) groups excluding carboxylic acids is 2. The van der Waals surface area contributed by atoms with Crippen molar-refractivity contribution in [3.8, 4) is 5.75 Å². The van der Waals surface area contributed by atoms with E-state index in [1.165, 1.54) is 29.3 Å². The number of hydrogen-bond donors (Lipinski definition) is 2. The molecule has 2 N–H and O–H groups in total. The van der Waals surface area contributed by atoms with Gasteiger partial charge in [0, 0.05) is 0 Å². The van der Waals surface area contributed by atoms with E-state index in [1.54, 1.807) is 38.1 Å². The Kier molecular flexibility index (Phi) is 5.97. The summed E-state index contributed by atoms with van der Waals surface area (Å²) >= 11 is 2.36. The number of methoxy groups -OCH3 is 1. The molecule has 3 heterocycles. The van der Waals surface area contributed by atoms with Gasteiger partial charge in [-0.1, -0.05) is 23.5 Å². The number of thiophene rings is 1. The van der Waals surface area contributed by atoms with Crippen molar-refractivity contribution in [2.45, 2.75) is 20.4 Å². The largest absolute Gasteiger partial charge is 0.495 e. The topological polar surface area (TPSA) is 128 Å². The molecule has 4 rings (SSSR count). The van der Waals surface area contributed by atoms with Crippen LogP contribution in [0, 0.1) is 13.8 Å². The Morgan fingerprint density at radius 3 is 2.62 bits per heavy atom. The predicted octanol–water partition coefficient (Wildman–Crippen LogP) is 2.83. The number of nitrogens with zero attached hydrogens (tertiary/aromatic N) is 4. The quantitative estimate of drug-likeness (QED) is 0.443. The van der Waals surface area contributed by atoms with Crippen molar-refractivity contribution in [3.05, 3.63) is 56.4 Å². The molecule has 0 aliphatic rings. The zero-order chi connectivity index (χ0) is 22.8. The highest BCUT2D eigenvalue weighted by atomic mass is 32.1. The molecular weight excluding hydrogens is 452 g/mol. The second kappa shape index (κ2) is 8.85. The van der Waals surface area contributed by atoms with Crippen LogP contribution in [0.1, 0.15) is 20.2 Å². The smallest absolute Gasteiger partial charge is 0.267 e. The van der Waals surface area contributed by atoms with Gasteiger partial charge in [0.15, 0.2) is 0 Å². The number of anilines is 2. The third-order valence-corrected chi connectivity index (χ3v) is 6.52. The second-order valence-corrected chi connectivity index (χ2v) is 8.92. The Bertz CT molecular complexity index is 1390. The summed E-state index contributed by atoms with van der Waals surface area (Å²) in [5.74, 6) is -0.284. The summed E-state index contributed by atoms with van der Waals surface area (Å²) < 4.78 is 6.43. The van der Waals surface area contributed by atoms with Crippen molar-refractivity contribution in [2.24, 2.45) is 0 Å². The van der Waals surface area contributed by atoms with Crippen LogP contribution < -0.4 is 20.9 Å². The van der Waals surface area contributed by atoms with Crippen LogP contribution in [0.3, 0.4) is 0 Å². The van der Waals surface area contributed by atoms with Crippen LogP contribution in [0.4, 0.5) is 10.8 Å². The lowest BCUT2D eigenvalue weighted by molar-refractivity contribution is -0.116. The highest BCUT2D eigenvalue weighted by Gasteiger charge is 2.21. The first-order chi connectivity index (χ1) is 15.4. The number of hydrogen-bond acceptors (Lipinski definition) is 9. The number of nitrogens with one attached hydrogen (secondary N) is 2. The number of aryl methyl sites for hydroxylation is 2. The number of rotatable bonds is 6. The van der Waals surface area contributed by atoms with Crippen LogP contribution in [0.5, 0.6) is 5.75 Å². The monoisotopic (exact) mass is 470 g/mol. The van der Waals surface area contributed by atoms with Gasteiger partial charge in [-0.2, -0.15) is 0 Å². The lowest BCUT2D eigenvalue weighted by Crippen LogP contribution is -2.28. The molecule has 0 spiro atoms. The maximum Gasteiger partial charge on any atom is 0.267 e. The van der Waals surface area contributed by atoms with Gasteiger partial charge in [0.2, 0.25) is 11.0 Å². The SMILES string of the molecule is COc1ccccc1NC(=O)Cn1cnc2sc(C(=O)Nc3nnc(C)s3)c(C)c2c1=O. The average Bonchev–Trinajstić information content (AvgIpc) is 3.33. The number of benzene rings is 1. The fraction of sp³-hybridized carbons (Fsp3) is 0.200. The van der Waals surface area contributed by atoms with Gasteiger partial charge in [0.05, 0.1) is 29.4 Å². The molecule has 10 nitrogen and oxygen atoms in total. The molecule has 4 aromatic rings. The lowest BCUT2D eigenvalue weighted by atomic mass is 10.2. The fourth-order valence-electron chi connectivity index (χ4n) is 3.08. The molecule has 2 amide bonds. The summed E-state index contributed by atoms with van der Waals surface area (Å²) in [4.78, 5) is 43.3. The Morgan fingerprint density at radius 1 is 1.12 bits per heavy atom. The number of amides is 2. The summed E-state index contributed by atoms with van der Waals surface area (Å²) in [6.07, 6.45) is 1.30. The molecule has 0 aliphatic heterocycles. The molecule has 0 bridgehead atoms. The normalized spacial score (nSPS) is 10.8. The van der Waals surface area contributed by atoms with E-state index in [2.05, 4.69) is 25.8 Å². The molecular formula is C20H18N6O4S2. The summed E-state index contributed by atoms with van der Waals surface area (Å²) in [6.45, 7) is 3.23. The molecule has 0 fully saturated rings. The standard InChI is InChI=1S/C20H18N6O4S2/c1-10-15-18(32-16(10)17(28)23-20-25-24-11(2)31-20)21-9-26(19(15)29)8-14(27)22-12-6-4-5-7-13(12)30-3/h4-7,9H,8H2,1-3H3,(H,22,27)(H,23,25,28). The van der Waals surface area contributed by atoms with Gasteiger partial charge in [0.1, 0.15) is 22.1 Å². The highest BCUT2D eigenvalue weighted by molar-refractivity contribution is 7.21. The van der Waals surface area contributed by atoms with Gasteiger partial charge >= 0.3 is 0 Å². The maximum atomic E-state index is 13.0.